The number of benzene rings is 3. The average molecular weight is 609 g/mol. The van der Waals surface area contributed by atoms with Gasteiger partial charge in [-0.2, -0.15) is 0 Å². The minimum Gasteiger partial charge on any atom is -0.492 e. The minimum absolute atomic E-state index is 0. The van der Waals surface area contributed by atoms with Crippen LogP contribution in [0, 0.1) is 0 Å². The molecule has 0 spiro atoms. The topological polar surface area (TPSA) is 125 Å². The van der Waals surface area contributed by atoms with Crippen LogP contribution in [0.1, 0.15) is 42.3 Å². The van der Waals surface area contributed by atoms with Crippen molar-refractivity contribution >= 4 is 40.1 Å². The number of amides is 1. The van der Waals surface area contributed by atoms with Gasteiger partial charge < -0.3 is 20.3 Å². The quantitative estimate of drug-likeness (QED) is 0.148. The molecule has 3 aromatic rings. The predicted molar refractivity (Wildman–Crippen MR) is 163 cm³/mol. The second-order valence-electron chi connectivity index (χ2n) is 9.21. The number of halogens is 1. The molecule has 8 nitrogen and oxygen atoms in total. The predicted octanol–water partition coefficient (Wildman–Crippen LogP) is 4.42. The summed E-state index contributed by atoms with van der Waals surface area (Å²) in [5.41, 5.74) is 2.98. The number of thioether (sulfide) groups is 1. The van der Waals surface area contributed by atoms with Gasteiger partial charge in [-0.05, 0) is 47.4 Å². The van der Waals surface area contributed by atoms with E-state index < -0.39 is 22.0 Å². The Morgan fingerprint density at radius 3 is 2.33 bits per heavy atom. The van der Waals surface area contributed by atoms with E-state index in [0.29, 0.717) is 30.3 Å². The van der Waals surface area contributed by atoms with Gasteiger partial charge in [-0.3, -0.25) is 4.79 Å². The Balaban J connectivity index is 0.00000560. The number of carbonyl (C=O) groups excluding carboxylic acids is 1. The molecule has 0 aliphatic carbocycles. The van der Waals surface area contributed by atoms with Crippen molar-refractivity contribution < 1.29 is 28.2 Å². The number of aliphatic hydroxyl groups is 2. The molecule has 0 aliphatic heterocycles. The molecule has 0 fully saturated rings. The minimum atomic E-state index is -3.83. The lowest BCUT2D eigenvalue weighted by Crippen LogP contribution is -2.33. The molecule has 0 aromatic heterocycles. The summed E-state index contributed by atoms with van der Waals surface area (Å²) in [5, 5.41) is 22.5. The molecular weight excluding hydrogens is 572 g/mol. The Morgan fingerprint density at radius 2 is 1.68 bits per heavy atom. The van der Waals surface area contributed by atoms with Crippen LogP contribution in [0.2, 0.25) is 0 Å². The number of hydrogen-bond acceptors (Lipinski definition) is 8. The zero-order valence-corrected chi connectivity index (χ0v) is 25.0. The fraction of sp³-hybridized carbons (Fsp3) is 0.345. The molecule has 1 atom stereocenters. The lowest BCUT2D eigenvalue weighted by atomic mass is 10.0. The monoisotopic (exact) mass is 608 g/mol. The summed E-state index contributed by atoms with van der Waals surface area (Å²) in [6.45, 7) is 5.20. The van der Waals surface area contributed by atoms with E-state index in [0.717, 1.165) is 16.7 Å². The van der Waals surface area contributed by atoms with Gasteiger partial charge in [0.1, 0.15) is 12.4 Å². The van der Waals surface area contributed by atoms with Crippen molar-refractivity contribution in [3.8, 4) is 16.9 Å². The van der Waals surface area contributed by atoms with Crippen LogP contribution in [-0.4, -0.2) is 61.8 Å². The van der Waals surface area contributed by atoms with Gasteiger partial charge in [-0.25, -0.2) is 13.1 Å². The van der Waals surface area contributed by atoms with Crippen molar-refractivity contribution in [2.24, 2.45) is 0 Å². The van der Waals surface area contributed by atoms with Gasteiger partial charge in [0.05, 0.1) is 17.4 Å². The summed E-state index contributed by atoms with van der Waals surface area (Å²) in [6.07, 6.45) is -0.514. The van der Waals surface area contributed by atoms with E-state index in [1.165, 1.54) is 11.8 Å². The van der Waals surface area contributed by atoms with Gasteiger partial charge in [-0.1, -0.05) is 62.4 Å². The first-order chi connectivity index (χ1) is 18.7. The van der Waals surface area contributed by atoms with E-state index in [4.69, 9.17) is 9.84 Å². The number of carbonyl (C=O) groups is 1. The van der Waals surface area contributed by atoms with Crippen LogP contribution >= 0.6 is 24.2 Å². The van der Waals surface area contributed by atoms with Crippen LogP contribution in [0.25, 0.3) is 11.1 Å². The summed E-state index contributed by atoms with van der Waals surface area (Å²) >= 11 is 1.48. The molecule has 3 rings (SSSR count). The van der Waals surface area contributed by atoms with E-state index in [2.05, 4.69) is 10.0 Å². The van der Waals surface area contributed by atoms with Gasteiger partial charge >= 0.3 is 0 Å². The van der Waals surface area contributed by atoms with Crippen LogP contribution in [0.3, 0.4) is 0 Å². The Morgan fingerprint density at radius 1 is 1.00 bits per heavy atom. The van der Waals surface area contributed by atoms with Crippen LogP contribution < -0.4 is 14.8 Å². The van der Waals surface area contributed by atoms with Crippen LogP contribution in [0.15, 0.2) is 77.7 Å². The van der Waals surface area contributed by atoms with Gasteiger partial charge in [0.2, 0.25) is 10.0 Å². The summed E-state index contributed by atoms with van der Waals surface area (Å²) < 4.78 is 32.2. The highest BCUT2D eigenvalue weighted by Crippen LogP contribution is 2.32. The molecular formula is C29H37ClN2O6S2. The zero-order valence-electron chi connectivity index (χ0n) is 22.6. The maximum Gasteiger partial charge on any atom is 0.265 e. The standard InChI is InChI=1S/C29H36N2O6S2.ClH/c1-21(2)38-28-19-24(11-14-26(28)29(34)31-39(35,36)18-6-16-32)22-9-12-25(13-10-22)37-17-15-30-20-27(33)23-7-4-3-5-8-23;/h3-5,7-14,19,21,27,30,32-33H,6,15-18,20H2,1-2H3,(H,31,34);1H/t27-;/m0./s1. The molecule has 11 heteroatoms. The fourth-order valence-electron chi connectivity index (χ4n) is 3.76. The zero-order chi connectivity index (χ0) is 28.3. The Kier molecular flexibility index (Phi) is 14.0. The lowest BCUT2D eigenvalue weighted by molar-refractivity contribution is 0.0978. The third kappa shape index (κ3) is 10.8. The van der Waals surface area contributed by atoms with Crippen LogP contribution in [0.5, 0.6) is 5.75 Å². The fourth-order valence-corrected chi connectivity index (χ4v) is 5.75. The van der Waals surface area contributed by atoms with Crippen LogP contribution in [0.4, 0.5) is 0 Å². The van der Waals surface area contributed by atoms with Gasteiger partial charge in [-0.15, -0.1) is 24.2 Å². The number of ether oxygens (including phenoxy) is 1. The SMILES string of the molecule is CC(C)Sc1cc(-c2ccc(OCCNC[C@H](O)c3ccccc3)cc2)ccc1C(=O)NS(=O)(=O)CCCO.Cl. The number of sulfonamides is 1. The first-order valence-electron chi connectivity index (χ1n) is 12.8. The summed E-state index contributed by atoms with van der Waals surface area (Å²) in [4.78, 5) is 13.5. The third-order valence-corrected chi connectivity index (χ3v) is 8.05. The number of rotatable bonds is 15. The molecule has 0 aliphatic rings. The molecule has 0 saturated heterocycles. The van der Waals surface area contributed by atoms with Crippen LogP contribution in [-0.2, 0) is 10.0 Å². The van der Waals surface area contributed by atoms with Gasteiger partial charge in [0.25, 0.3) is 5.91 Å². The van der Waals surface area contributed by atoms with E-state index >= 15 is 0 Å². The molecule has 0 bridgehead atoms. The summed E-state index contributed by atoms with van der Waals surface area (Å²) in [6, 6.07) is 22.4. The third-order valence-electron chi connectivity index (χ3n) is 5.67. The molecule has 218 valence electrons. The normalized spacial score (nSPS) is 12.0. The average Bonchev–Trinajstić information content (AvgIpc) is 2.92. The van der Waals surface area contributed by atoms with Crippen molar-refractivity contribution in [3.05, 3.63) is 83.9 Å². The molecule has 3 aromatic carbocycles. The highest BCUT2D eigenvalue weighted by Gasteiger charge is 2.20. The first kappa shape index (κ1) is 33.6. The second kappa shape index (κ2) is 16.6. The largest absolute Gasteiger partial charge is 0.492 e. The Bertz CT molecular complexity index is 1310. The Labute approximate surface area is 247 Å². The Hall–Kier alpha value is -2.60. The molecule has 0 unspecified atom stereocenters. The molecule has 40 heavy (non-hydrogen) atoms. The maximum atomic E-state index is 12.8. The van der Waals surface area contributed by atoms with Crippen molar-refractivity contribution in [1.29, 1.82) is 0 Å². The maximum absolute atomic E-state index is 12.8. The van der Waals surface area contributed by atoms with Gasteiger partial charge in [0.15, 0.2) is 0 Å². The molecule has 0 radical (unpaired) electrons. The summed E-state index contributed by atoms with van der Waals surface area (Å²) in [5.74, 6) is -0.290. The lowest BCUT2D eigenvalue weighted by Gasteiger charge is -2.14. The number of aliphatic hydroxyl groups excluding tert-OH is 2. The number of nitrogens with one attached hydrogen (secondary N) is 2. The second-order valence-corrected chi connectivity index (χ2v) is 12.7. The van der Waals surface area contributed by atoms with Crippen molar-refractivity contribution in [3.63, 3.8) is 0 Å². The van der Waals surface area contributed by atoms with Crippen molar-refractivity contribution in [1.82, 2.24) is 10.0 Å². The number of hydrogen-bond donors (Lipinski definition) is 4. The van der Waals surface area contributed by atoms with Crippen molar-refractivity contribution in [2.75, 3.05) is 32.1 Å². The molecule has 0 saturated carbocycles. The smallest absolute Gasteiger partial charge is 0.265 e. The first-order valence-corrected chi connectivity index (χ1v) is 15.3. The van der Waals surface area contributed by atoms with Crippen molar-refractivity contribution in [2.45, 2.75) is 36.5 Å². The highest BCUT2D eigenvalue weighted by atomic mass is 35.5. The molecule has 4 N–H and O–H groups in total. The molecule has 0 heterocycles. The van der Waals surface area contributed by atoms with E-state index in [9.17, 15) is 18.3 Å². The van der Waals surface area contributed by atoms with Gasteiger partial charge in [0, 0.05) is 29.8 Å². The van der Waals surface area contributed by atoms with E-state index in [-0.39, 0.29) is 42.0 Å². The molecule has 1 amide bonds. The van der Waals surface area contributed by atoms with E-state index in [1.807, 2.05) is 74.5 Å². The highest BCUT2D eigenvalue weighted by molar-refractivity contribution is 8.00. The summed E-state index contributed by atoms with van der Waals surface area (Å²) in [7, 11) is -3.83. The van der Waals surface area contributed by atoms with E-state index in [1.54, 1.807) is 12.1 Å².